The van der Waals surface area contributed by atoms with Crippen LogP contribution in [0.4, 0.5) is 18.0 Å². The van der Waals surface area contributed by atoms with Gasteiger partial charge in [-0.25, -0.2) is 9.59 Å². The molecule has 4 aliphatic rings. The molecule has 57 heavy (non-hydrogen) atoms. The maximum absolute atomic E-state index is 14.1. The molecule has 302 valence electrons. The van der Waals surface area contributed by atoms with Crippen LogP contribution >= 0.6 is 0 Å². The largest absolute Gasteiger partial charge is 0.554 e. The van der Waals surface area contributed by atoms with Crippen molar-refractivity contribution >= 4 is 30.0 Å². The Morgan fingerprint density at radius 2 is 1.51 bits per heavy atom. The van der Waals surface area contributed by atoms with Crippen LogP contribution in [0.5, 0.6) is 11.5 Å². The van der Waals surface area contributed by atoms with E-state index >= 15 is 0 Å². The van der Waals surface area contributed by atoms with Crippen molar-refractivity contribution in [2.45, 2.75) is 74.3 Å². The third-order valence-electron chi connectivity index (χ3n) is 11.0. The zero-order chi connectivity index (χ0) is 41.1. The Morgan fingerprint density at radius 3 is 2.04 bits per heavy atom. The van der Waals surface area contributed by atoms with E-state index in [9.17, 15) is 42.6 Å². The number of methoxy groups -OCH3 is 2. The van der Waals surface area contributed by atoms with Gasteiger partial charge in [-0.2, -0.15) is 22.5 Å². The highest BCUT2D eigenvalue weighted by atomic mass is 19.4. The second-order valence-electron chi connectivity index (χ2n) is 14.1. The molecule has 3 unspecified atom stereocenters. The van der Waals surface area contributed by atoms with Gasteiger partial charge in [0.1, 0.15) is 36.5 Å². The molecule has 7 rings (SSSR count). The molecular formula is C41H45F3N4O9+2. The van der Waals surface area contributed by atoms with Gasteiger partial charge >= 0.3 is 29.9 Å². The average Bonchev–Trinajstić information content (AvgIpc) is 3.61. The highest BCUT2D eigenvalue weighted by Gasteiger charge is 2.79. The van der Waals surface area contributed by atoms with Crippen LogP contribution in [0.15, 0.2) is 91.5 Å². The number of nitrogens with zero attached hydrogens (tertiary/aromatic N) is 3. The van der Waals surface area contributed by atoms with Crippen LogP contribution in [-0.4, -0.2) is 118 Å². The van der Waals surface area contributed by atoms with Crippen molar-refractivity contribution in [1.29, 1.82) is 0 Å². The van der Waals surface area contributed by atoms with Crippen LogP contribution in [-0.2, 0) is 24.5 Å². The fourth-order valence-corrected chi connectivity index (χ4v) is 8.19. The predicted octanol–water partition coefficient (Wildman–Crippen LogP) is 3.99. The number of quaternary nitrogens is 1. The first kappa shape index (κ1) is 41.2. The van der Waals surface area contributed by atoms with Crippen molar-refractivity contribution in [3.05, 3.63) is 108 Å². The first-order valence-electron chi connectivity index (χ1n) is 18.5. The Bertz CT molecular complexity index is 1960. The lowest BCUT2D eigenvalue weighted by Gasteiger charge is -2.47. The molecule has 0 saturated carbocycles. The number of halogens is 3. The minimum atomic E-state index is -4.97. The van der Waals surface area contributed by atoms with E-state index in [1.165, 1.54) is 10.8 Å². The first-order chi connectivity index (χ1) is 27.2. The van der Waals surface area contributed by atoms with Crippen LogP contribution in [0, 0.1) is 0 Å². The van der Waals surface area contributed by atoms with Gasteiger partial charge in [-0.1, -0.05) is 72.2 Å². The summed E-state index contributed by atoms with van der Waals surface area (Å²) in [5, 5.41) is 27.0. The van der Waals surface area contributed by atoms with Gasteiger partial charge in [0.05, 0.1) is 25.7 Å². The number of ether oxygens (including phenoxy) is 3. The lowest BCUT2D eigenvalue weighted by Crippen LogP contribution is -2.88. The van der Waals surface area contributed by atoms with Crippen molar-refractivity contribution in [2.24, 2.45) is 0 Å². The summed E-state index contributed by atoms with van der Waals surface area (Å²) in [6, 6.07) is 21.6. The molecule has 13 nitrogen and oxygen atoms in total. The monoisotopic (exact) mass is 794 g/mol. The van der Waals surface area contributed by atoms with Gasteiger partial charge in [0, 0.05) is 30.5 Å². The minimum Gasteiger partial charge on any atom is -0.497 e. The van der Waals surface area contributed by atoms with E-state index in [4.69, 9.17) is 14.2 Å². The molecule has 6 atom stereocenters. The van der Waals surface area contributed by atoms with Crippen molar-refractivity contribution in [3.8, 4) is 11.5 Å². The number of amides is 5. The summed E-state index contributed by atoms with van der Waals surface area (Å²) in [4.78, 5) is 51.8. The molecule has 2 saturated heterocycles. The molecular weight excluding hydrogens is 749 g/mol. The number of alkyl halides is 3. The van der Waals surface area contributed by atoms with Crippen LogP contribution in [0.3, 0.4) is 0 Å². The molecule has 5 amide bonds. The van der Waals surface area contributed by atoms with Gasteiger partial charge < -0.3 is 29.7 Å². The molecule has 0 spiro atoms. The summed E-state index contributed by atoms with van der Waals surface area (Å²) in [6.07, 6.45) is -6.48. The Morgan fingerprint density at radius 1 is 0.947 bits per heavy atom. The number of rotatable bonds is 16. The third-order valence-corrected chi connectivity index (χ3v) is 11.0. The molecule has 16 heteroatoms. The molecule has 3 N–H and O–H groups in total. The maximum atomic E-state index is 14.1. The molecule has 4 heterocycles. The van der Waals surface area contributed by atoms with Gasteiger partial charge in [0.2, 0.25) is 6.23 Å². The Hall–Kier alpha value is -5.42. The second kappa shape index (κ2) is 16.6. The van der Waals surface area contributed by atoms with Gasteiger partial charge in [-0.3, -0.25) is 4.79 Å². The zero-order valence-electron chi connectivity index (χ0n) is 31.4. The molecule has 2 bridgehead atoms. The summed E-state index contributed by atoms with van der Waals surface area (Å²) in [5.41, 5.74) is 0.646. The van der Waals surface area contributed by atoms with E-state index in [0.29, 0.717) is 47.5 Å². The van der Waals surface area contributed by atoms with Crippen molar-refractivity contribution in [1.82, 2.24) is 10.3 Å². The van der Waals surface area contributed by atoms with Crippen LogP contribution in [0.2, 0.25) is 0 Å². The molecule has 0 aliphatic carbocycles. The number of nitrogens with one attached hydrogen (secondary N) is 1. The summed E-state index contributed by atoms with van der Waals surface area (Å²) in [6.45, 7) is 3.40. The molecule has 0 radical (unpaired) electrons. The first-order valence-corrected chi connectivity index (χ1v) is 18.5. The third kappa shape index (κ3) is 7.33. The zero-order valence-corrected chi connectivity index (χ0v) is 31.4. The lowest BCUT2D eigenvalue weighted by molar-refractivity contribution is -0.989. The number of aliphatic hydroxyl groups is 2. The maximum Gasteiger partial charge on any atom is 0.554 e. The quantitative estimate of drug-likeness (QED) is 0.0643. The molecule has 0 aromatic heterocycles. The smallest absolute Gasteiger partial charge is 0.497 e. The highest BCUT2D eigenvalue weighted by molar-refractivity contribution is 6.11. The summed E-state index contributed by atoms with van der Waals surface area (Å²) < 4.78 is 55.1. The predicted molar refractivity (Wildman–Crippen MR) is 198 cm³/mol. The number of imide groups is 1. The summed E-state index contributed by atoms with van der Waals surface area (Å²) >= 11 is 0. The van der Waals surface area contributed by atoms with E-state index in [0.717, 1.165) is 11.1 Å². The number of hydrogen-bond donors (Lipinski definition) is 3. The van der Waals surface area contributed by atoms with E-state index in [1.807, 2.05) is 59.9 Å². The van der Waals surface area contributed by atoms with Crippen LogP contribution in [0.25, 0.3) is 0 Å². The van der Waals surface area contributed by atoms with Crippen molar-refractivity contribution in [2.75, 3.05) is 27.3 Å². The van der Waals surface area contributed by atoms with E-state index in [2.05, 4.69) is 6.58 Å². The van der Waals surface area contributed by atoms with Crippen molar-refractivity contribution in [3.63, 3.8) is 0 Å². The Labute approximate surface area is 327 Å². The minimum absolute atomic E-state index is 0.0189. The molecule has 2 fully saturated rings. The number of benzene rings is 3. The highest BCUT2D eigenvalue weighted by Crippen LogP contribution is 2.47. The Kier molecular flexibility index (Phi) is 12.0. The normalized spacial score (nSPS) is 23.6. The van der Waals surface area contributed by atoms with E-state index in [1.54, 1.807) is 38.5 Å². The van der Waals surface area contributed by atoms with Gasteiger partial charge in [-0.05, 0) is 53.8 Å². The molecule has 3 aromatic carbocycles. The number of urea groups is 1. The summed E-state index contributed by atoms with van der Waals surface area (Å²) in [5.74, 6) is -2.06. The van der Waals surface area contributed by atoms with Gasteiger partial charge in [-0.15, -0.1) is 0 Å². The second-order valence-corrected chi connectivity index (χ2v) is 14.1. The van der Waals surface area contributed by atoms with E-state index < -0.39 is 70.5 Å². The molecule has 3 aromatic rings. The standard InChI is InChI=1S/C41H44F3N4O9/c1-4-34(50)48(23-11-6-5-10-22-45-38(53)41(42,43)44)31-25-46(39(54)47(48)37(31)52)33-24-32(49)35(57-33)36(51)40(26-12-8-7-9-13-26,27-14-18-29(55-2)19-15-27)28-16-20-30(56-3)21-17-28/h4,7-9,12-21,25,31-33,35-36,49,51H,1,5-6,10-11,22-24H2,2-3H3/q+1/p+1/t31?,32-,33+,35-,36?,48?/m0/s1. The number of carbonyl (C=O) groups is 4. The van der Waals surface area contributed by atoms with E-state index in [-0.39, 0.29) is 25.9 Å². The van der Waals surface area contributed by atoms with Crippen molar-refractivity contribution < 1.29 is 65.9 Å². The Balaban J connectivity index is 1.27. The fraction of sp³-hybridized carbons (Fsp3) is 0.390. The number of aliphatic hydroxyl groups excluding tert-OH is 2. The summed E-state index contributed by atoms with van der Waals surface area (Å²) in [7, 11) is 3.09. The number of unbranched alkanes of at least 4 members (excludes halogenated alkanes) is 3. The fourth-order valence-electron chi connectivity index (χ4n) is 8.19. The van der Waals surface area contributed by atoms with Crippen LogP contribution in [0.1, 0.15) is 48.8 Å². The number of fused-ring (bicyclic) bond motifs is 1. The number of hydrogen-bond acceptors (Lipinski definition) is 9. The van der Waals surface area contributed by atoms with Gasteiger partial charge in [0.25, 0.3) is 6.04 Å². The van der Waals surface area contributed by atoms with Crippen LogP contribution < -0.4 is 14.8 Å². The lowest BCUT2D eigenvalue weighted by atomic mass is 9.64. The SMILES string of the molecule is C=CC(=O)[N+]1(CCCCCCNC(=O)C(F)(F)F)C2C=[N+]([C@H]3C[C@H](O)[C@@H](C(O)C(c4ccccc4)(c4ccc(OC)cc4)c4ccc(OC)cc4)O3)C(=O)N1C2=O. The van der Waals surface area contributed by atoms with Gasteiger partial charge in [0.15, 0.2) is 0 Å². The number of carbonyl (C=O) groups excluding carboxylic acids is 4. The average molecular weight is 795 g/mol. The molecule has 4 aliphatic heterocycles. The topological polar surface area (TPSA) is 155 Å².